The van der Waals surface area contributed by atoms with Gasteiger partial charge in [0.25, 0.3) is 5.91 Å². The Balaban J connectivity index is 2.55. The molecule has 6 heteroatoms. The van der Waals surface area contributed by atoms with Gasteiger partial charge in [0.15, 0.2) is 6.10 Å². The first-order chi connectivity index (χ1) is 8.04. The molecule has 0 aliphatic rings. The number of benzene rings is 1. The average molecular weight is 255 g/mol. The number of carbonyl (C=O) groups is 2. The van der Waals surface area contributed by atoms with E-state index < -0.39 is 18.0 Å². The second kappa shape index (κ2) is 6.27. The van der Waals surface area contributed by atoms with E-state index in [0.29, 0.717) is 5.56 Å². The highest BCUT2D eigenvalue weighted by Gasteiger charge is 2.14. The Hall–Kier alpha value is -1.53. The van der Waals surface area contributed by atoms with Crippen molar-refractivity contribution in [2.24, 2.45) is 0 Å². The molecule has 3 N–H and O–H groups in total. The summed E-state index contributed by atoms with van der Waals surface area (Å²) in [5, 5.41) is 19.8. The quantitative estimate of drug-likeness (QED) is 0.670. The number of aliphatic hydroxyl groups excluding tert-OH is 1. The molecule has 0 aromatic heterocycles. The van der Waals surface area contributed by atoms with Crippen LogP contribution in [0.5, 0.6) is 0 Å². The van der Waals surface area contributed by atoms with Crippen LogP contribution >= 0.6 is 11.8 Å². The van der Waals surface area contributed by atoms with Gasteiger partial charge in [0.05, 0.1) is 6.54 Å². The molecule has 1 aromatic carbocycles. The van der Waals surface area contributed by atoms with Crippen molar-refractivity contribution in [2.75, 3.05) is 12.8 Å². The van der Waals surface area contributed by atoms with Crippen LogP contribution in [-0.4, -0.2) is 41.0 Å². The van der Waals surface area contributed by atoms with E-state index in [0.717, 1.165) is 4.90 Å². The monoisotopic (exact) mass is 255 g/mol. The molecular formula is C11H13NO4S. The average Bonchev–Trinajstić information content (AvgIpc) is 2.35. The van der Waals surface area contributed by atoms with E-state index in [2.05, 4.69) is 5.32 Å². The molecule has 1 amide bonds. The smallest absolute Gasteiger partial charge is 0.334 e. The van der Waals surface area contributed by atoms with E-state index >= 15 is 0 Å². The van der Waals surface area contributed by atoms with Gasteiger partial charge >= 0.3 is 5.97 Å². The predicted octanol–water partition coefficient (Wildman–Crippen LogP) is 0.584. The van der Waals surface area contributed by atoms with Crippen molar-refractivity contribution in [3.05, 3.63) is 29.8 Å². The predicted molar refractivity (Wildman–Crippen MR) is 64.2 cm³/mol. The van der Waals surface area contributed by atoms with Gasteiger partial charge in [0, 0.05) is 10.5 Å². The highest BCUT2D eigenvalue weighted by Crippen LogP contribution is 2.14. The molecule has 92 valence electrons. The van der Waals surface area contributed by atoms with Gasteiger partial charge in [0.2, 0.25) is 0 Å². The minimum Gasteiger partial charge on any atom is -0.479 e. The van der Waals surface area contributed by atoms with Gasteiger partial charge in [-0.3, -0.25) is 4.79 Å². The molecule has 0 bridgehead atoms. The zero-order valence-corrected chi connectivity index (χ0v) is 10.0. The third kappa shape index (κ3) is 4.08. The lowest BCUT2D eigenvalue weighted by Crippen LogP contribution is -2.36. The highest BCUT2D eigenvalue weighted by atomic mass is 32.2. The van der Waals surface area contributed by atoms with Gasteiger partial charge in [-0.25, -0.2) is 4.79 Å². The fourth-order valence-electron chi connectivity index (χ4n) is 1.12. The number of aliphatic hydroxyl groups is 1. The number of carbonyl (C=O) groups excluding carboxylic acids is 1. The fraction of sp³-hybridized carbons (Fsp3) is 0.273. The Labute approximate surface area is 103 Å². The van der Waals surface area contributed by atoms with Gasteiger partial charge in [-0.05, 0) is 30.5 Å². The first kappa shape index (κ1) is 13.5. The largest absolute Gasteiger partial charge is 0.479 e. The van der Waals surface area contributed by atoms with Crippen molar-refractivity contribution in [1.82, 2.24) is 5.32 Å². The van der Waals surface area contributed by atoms with Crippen molar-refractivity contribution in [2.45, 2.75) is 11.0 Å². The van der Waals surface area contributed by atoms with Crippen LogP contribution in [0.4, 0.5) is 0 Å². The molecule has 0 spiro atoms. The van der Waals surface area contributed by atoms with Crippen LogP contribution in [0.2, 0.25) is 0 Å². The van der Waals surface area contributed by atoms with Crippen molar-refractivity contribution >= 4 is 23.6 Å². The third-order valence-corrected chi connectivity index (χ3v) is 2.84. The topological polar surface area (TPSA) is 86.6 Å². The van der Waals surface area contributed by atoms with Crippen LogP contribution in [-0.2, 0) is 4.79 Å². The molecule has 0 saturated carbocycles. The number of hydrogen-bond donors (Lipinski definition) is 3. The molecule has 1 unspecified atom stereocenters. The molecule has 0 aliphatic heterocycles. The fourth-order valence-corrected chi connectivity index (χ4v) is 1.53. The number of carboxylic acid groups (broad SMARTS) is 1. The number of nitrogens with one attached hydrogen (secondary N) is 1. The van der Waals surface area contributed by atoms with E-state index in [9.17, 15) is 9.59 Å². The zero-order chi connectivity index (χ0) is 12.8. The van der Waals surface area contributed by atoms with E-state index in [1.807, 2.05) is 6.26 Å². The number of aliphatic carboxylic acids is 1. The maximum Gasteiger partial charge on any atom is 0.334 e. The van der Waals surface area contributed by atoms with Gasteiger partial charge in [0.1, 0.15) is 0 Å². The van der Waals surface area contributed by atoms with E-state index in [1.54, 1.807) is 36.0 Å². The molecule has 1 atom stereocenters. The van der Waals surface area contributed by atoms with E-state index in [4.69, 9.17) is 10.2 Å². The molecular weight excluding hydrogens is 242 g/mol. The Bertz CT molecular complexity index is 404. The minimum atomic E-state index is -1.58. The first-order valence-corrected chi connectivity index (χ1v) is 6.10. The summed E-state index contributed by atoms with van der Waals surface area (Å²) < 4.78 is 0. The zero-order valence-electron chi connectivity index (χ0n) is 9.21. The molecule has 1 rings (SSSR count). The van der Waals surface area contributed by atoms with E-state index in [1.165, 1.54) is 0 Å². The molecule has 17 heavy (non-hydrogen) atoms. The Morgan fingerprint density at radius 3 is 2.41 bits per heavy atom. The summed E-state index contributed by atoms with van der Waals surface area (Å²) in [6.07, 6.45) is 0.350. The van der Waals surface area contributed by atoms with Crippen molar-refractivity contribution in [3.63, 3.8) is 0 Å². The van der Waals surface area contributed by atoms with Crippen LogP contribution in [0.1, 0.15) is 10.4 Å². The summed E-state index contributed by atoms with van der Waals surface area (Å²) in [6.45, 7) is -0.307. The highest BCUT2D eigenvalue weighted by molar-refractivity contribution is 7.98. The number of rotatable bonds is 5. The number of thioether (sulfide) groups is 1. The lowest BCUT2D eigenvalue weighted by molar-refractivity contribution is -0.146. The van der Waals surface area contributed by atoms with Crippen molar-refractivity contribution < 1.29 is 19.8 Å². The SMILES string of the molecule is CSc1ccc(C(=O)NCC(O)C(=O)O)cc1. The minimum absolute atomic E-state index is 0.307. The Kier molecular flexibility index (Phi) is 4.99. The number of hydrogen-bond acceptors (Lipinski definition) is 4. The van der Waals surface area contributed by atoms with Crippen molar-refractivity contribution in [3.8, 4) is 0 Å². The summed E-state index contributed by atoms with van der Waals surface area (Å²) in [6, 6.07) is 6.89. The maximum atomic E-state index is 11.5. The lowest BCUT2D eigenvalue weighted by Gasteiger charge is -2.07. The Morgan fingerprint density at radius 2 is 1.94 bits per heavy atom. The second-order valence-corrected chi connectivity index (χ2v) is 4.17. The summed E-state index contributed by atoms with van der Waals surface area (Å²) >= 11 is 1.56. The normalized spacial score (nSPS) is 11.9. The lowest BCUT2D eigenvalue weighted by atomic mass is 10.2. The number of carboxylic acids is 1. The van der Waals surface area contributed by atoms with Gasteiger partial charge in [-0.2, -0.15) is 0 Å². The Morgan fingerprint density at radius 1 is 1.35 bits per heavy atom. The second-order valence-electron chi connectivity index (χ2n) is 3.29. The first-order valence-electron chi connectivity index (χ1n) is 4.87. The summed E-state index contributed by atoms with van der Waals surface area (Å²) in [4.78, 5) is 22.9. The molecule has 1 aromatic rings. The van der Waals surface area contributed by atoms with Crippen LogP contribution in [0, 0.1) is 0 Å². The van der Waals surface area contributed by atoms with Gasteiger partial charge in [-0.15, -0.1) is 11.8 Å². The third-order valence-electron chi connectivity index (χ3n) is 2.09. The van der Waals surface area contributed by atoms with E-state index in [-0.39, 0.29) is 6.54 Å². The molecule has 0 radical (unpaired) electrons. The summed E-state index contributed by atoms with van der Waals surface area (Å²) in [5.41, 5.74) is 0.431. The van der Waals surface area contributed by atoms with Gasteiger partial charge in [-0.1, -0.05) is 0 Å². The molecule has 0 heterocycles. The number of amides is 1. The molecule has 0 fully saturated rings. The van der Waals surface area contributed by atoms with Crippen LogP contribution in [0.15, 0.2) is 29.2 Å². The van der Waals surface area contributed by atoms with Gasteiger partial charge < -0.3 is 15.5 Å². The summed E-state index contributed by atoms with van der Waals surface area (Å²) in [7, 11) is 0. The maximum absolute atomic E-state index is 11.5. The standard InChI is InChI=1S/C11H13NO4S/c1-17-8-4-2-7(3-5-8)10(14)12-6-9(13)11(15)16/h2-5,9,13H,6H2,1H3,(H,12,14)(H,15,16). The van der Waals surface area contributed by atoms with Crippen molar-refractivity contribution in [1.29, 1.82) is 0 Å². The van der Waals surface area contributed by atoms with Crippen LogP contribution in [0.25, 0.3) is 0 Å². The molecule has 0 saturated heterocycles. The van der Waals surface area contributed by atoms with Crippen LogP contribution in [0.3, 0.4) is 0 Å². The van der Waals surface area contributed by atoms with Crippen LogP contribution < -0.4 is 5.32 Å². The molecule has 0 aliphatic carbocycles. The molecule has 5 nitrogen and oxygen atoms in total. The summed E-state index contributed by atoms with van der Waals surface area (Å²) in [5.74, 6) is -1.76.